The molecule has 0 spiro atoms. The summed E-state index contributed by atoms with van der Waals surface area (Å²) < 4.78 is 27.7. The van der Waals surface area contributed by atoms with Crippen LogP contribution in [0.2, 0.25) is 0 Å². The van der Waals surface area contributed by atoms with Crippen molar-refractivity contribution in [1.82, 2.24) is 10.2 Å². The molecule has 2 amide bonds. The Labute approximate surface area is 212 Å². The minimum absolute atomic E-state index is 0.146. The van der Waals surface area contributed by atoms with Crippen LogP contribution in [0, 0.1) is 0 Å². The van der Waals surface area contributed by atoms with Crippen molar-refractivity contribution in [2.24, 2.45) is 0 Å². The van der Waals surface area contributed by atoms with Crippen LogP contribution in [-0.2, 0) is 26.2 Å². The highest BCUT2D eigenvalue weighted by molar-refractivity contribution is 9.10. The molecule has 7 nitrogen and oxygen atoms in total. The number of rotatable bonds is 8. The van der Waals surface area contributed by atoms with Crippen LogP contribution in [0.1, 0.15) is 33.3 Å². The van der Waals surface area contributed by atoms with Crippen LogP contribution in [0.4, 0.5) is 5.69 Å². The van der Waals surface area contributed by atoms with Crippen molar-refractivity contribution in [3.8, 4) is 0 Å². The summed E-state index contributed by atoms with van der Waals surface area (Å²) in [7, 11) is -3.76. The smallest absolute Gasteiger partial charge is 0.244 e. The van der Waals surface area contributed by atoms with Crippen LogP contribution < -0.4 is 9.62 Å². The maximum absolute atomic E-state index is 13.5. The predicted octanol–water partition coefficient (Wildman–Crippen LogP) is 4.31. The van der Waals surface area contributed by atoms with Crippen molar-refractivity contribution in [2.45, 2.75) is 45.8 Å². The van der Waals surface area contributed by atoms with E-state index in [2.05, 4.69) is 37.2 Å². The van der Waals surface area contributed by atoms with E-state index < -0.39 is 34.1 Å². The SMILES string of the molecule is C[C@@H](C(=O)NC(C)(C)C)N(Cc1cccc(Br)c1)C(=O)CN(c1cccc(Br)c1)S(C)(=O)=O. The number of hydrogen-bond donors (Lipinski definition) is 1. The summed E-state index contributed by atoms with van der Waals surface area (Å²) in [5, 5.41) is 2.89. The third-order valence-corrected chi connectivity index (χ3v) is 6.81. The molecular formula is C23H29Br2N3O4S. The standard InChI is InChI=1S/C23H29Br2N3O4S/c1-16(22(30)26-23(2,3)4)27(14-17-8-6-9-18(24)12-17)21(29)15-28(33(5,31)32)20-11-7-10-19(25)13-20/h6-13,16H,14-15H2,1-5H3,(H,26,30)/t16-/m0/s1. The Balaban J connectivity index is 2.41. The van der Waals surface area contributed by atoms with E-state index in [9.17, 15) is 18.0 Å². The zero-order valence-corrected chi connectivity index (χ0v) is 23.3. The summed E-state index contributed by atoms with van der Waals surface area (Å²) >= 11 is 6.76. The van der Waals surface area contributed by atoms with Crippen molar-refractivity contribution >= 4 is 59.4 Å². The maximum atomic E-state index is 13.5. The molecule has 10 heteroatoms. The van der Waals surface area contributed by atoms with Gasteiger partial charge in [-0.05, 0) is 63.6 Å². The van der Waals surface area contributed by atoms with E-state index in [1.165, 1.54) is 4.90 Å². The second-order valence-electron chi connectivity index (χ2n) is 8.82. The Bertz CT molecular complexity index is 1120. The van der Waals surface area contributed by atoms with E-state index in [-0.39, 0.29) is 12.5 Å². The van der Waals surface area contributed by atoms with Gasteiger partial charge in [-0.2, -0.15) is 0 Å². The average molecular weight is 603 g/mol. The molecule has 1 atom stereocenters. The summed E-state index contributed by atoms with van der Waals surface area (Å²) in [5.41, 5.74) is 0.682. The molecule has 2 aromatic carbocycles. The highest BCUT2D eigenvalue weighted by atomic mass is 79.9. The molecule has 33 heavy (non-hydrogen) atoms. The number of nitrogens with one attached hydrogen (secondary N) is 1. The van der Waals surface area contributed by atoms with Gasteiger partial charge in [-0.1, -0.05) is 50.1 Å². The largest absolute Gasteiger partial charge is 0.350 e. The molecule has 0 saturated carbocycles. The number of anilines is 1. The van der Waals surface area contributed by atoms with E-state index in [0.717, 1.165) is 20.6 Å². The molecule has 0 radical (unpaired) electrons. The van der Waals surface area contributed by atoms with Crippen molar-refractivity contribution in [2.75, 3.05) is 17.1 Å². The molecule has 2 aromatic rings. The van der Waals surface area contributed by atoms with Gasteiger partial charge in [-0.25, -0.2) is 8.42 Å². The van der Waals surface area contributed by atoms with Crippen LogP contribution in [0.5, 0.6) is 0 Å². The van der Waals surface area contributed by atoms with E-state index in [4.69, 9.17) is 0 Å². The summed E-state index contributed by atoms with van der Waals surface area (Å²) in [6, 6.07) is 13.3. The van der Waals surface area contributed by atoms with Crippen molar-refractivity contribution in [1.29, 1.82) is 0 Å². The molecule has 0 aliphatic heterocycles. The van der Waals surface area contributed by atoms with Gasteiger partial charge in [0.2, 0.25) is 21.8 Å². The third kappa shape index (κ3) is 8.42. The van der Waals surface area contributed by atoms with Crippen LogP contribution in [0.25, 0.3) is 0 Å². The summed E-state index contributed by atoms with van der Waals surface area (Å²) in [6.07, 6.45) is 1.05. The molecule has 0 heterocycles. The van der Waals surface area contributed by atoms with Crippen molar-refractivity contribution in [3.63, 3.8) is 0 Å². The maximum Gasteiger partial charge on any atom is 0.244 e. The van der Waals surface area contributed by atoms with Crippen LogP contribution >= 0.6 is 31.9 Å². The zero-order valence-electron chi connectivity index (χ0n) is 19.3. The first-order valence-electron chi connectivity index (χ1n) is 10.3. The highest BCUT2D eigenvalue weighted by Gasteiger charge is 2.31. The van der Waals surface area contributed by atoms with Gasteiger partial charge in [0.25, 0.3) is 0 Å². The fraction of sp³-hybridized carbons (Fsp3) is 0.391. The lowest BCUT2D eigenvalue weighted by atomic mass is 10.1. The topological polar surface area (TPSA) is 86.8 Å². The van der Waals surface area contributed by atoms with Gasteiger partial charge in [-0.15, -0.1) is 0 Å². The van der Waals surface area contributed by atoms with Gasteiger partial charge in [0.05, 0.1) is 11.9 Å². The normalized spacial score (nSPS) is 12.7. The molecule has 0 aliphatic rings. The Hall–Kier alpha value is -1.91. The number of nitrogens with zero attached hydrogens (tertiary/aromatic N) is 2. The zero-order chi connectivity index (χ0) is 25.0. The summed E-state index contributed by atoms with van der Waals surface area (Å²) in [6.45, 7) is 6.93. The average Bonchev–Trinajstić information content (AvgIpc) is 2.67. The molecule has 0 bridgehead atoms. The Morgan fingerprint density at radius 1 is 1.03 bits per heavy atom. The first-order chi connectivity index (χ1) is 15.2. The molecular weight excluding hydrogens is 574 g/mol. The van der Waals surface area contributed by atoms with Crippen LogP contribution in [0.15, 0.2) is 57.5 Å². The number of benzene rings is 2. The van der Waals surface area contributed by atoms with E-state index in [1.54, 1.807) is 31.2 Å². The Kier molecular flexibility index (Phi) is 9.12. The van der Waals surface area contributed by atoms with Crippen LogP contribution in [-0.4, -0.2) is 49.5 Å². The molecule has 0 fully saturated rings. The minimum Gasteiger partial charge on any atom is -0.350 e. The number of carbonyl (C=O) groups is 2. The number of carbonyl (C=O) groups excluding carboxylic acids is 2. The number of halogens is 2. The molecule has 0 saturated heterocycles. The molecule has 180 valence electrons. The van der Waals surface area contributed by atoms with Crippen molar-refractivity contribution < 1.29 is 18.0 Å². The van der Waals surface area contributed by atoms with Gasteiger partial charge in [0.1, 0.15) is 12.6 Å². The Morgan fingerprint density at radius 3 is 2.12 bits per heavy atom. The highest BCUT2D eigenvalue weighted by Crippen LogP contribution is 2.23. The van der Waals surface area contributed by atoms with Gasteiger partial charge in [0, 0.05) is 21.0 Å². The van der Waals surface area contributed by atoms with Gasteiger partial charge in [0.15, 0.2) is 0 Å². The lowest BCUT2D eigenvalue weighted by Crippen LogP contribution is -2.54. The second kappa shape index (κ2) is 11.0. The quantitative estimate of drug-likeness (QED) is 0.488. The third-order valence-electron chi connectivity index (χ3n) is 4.68. The predicted molar refractivity (Wildman–Crippen MR) is 138 cm³/mol. The number of hydrogen-bond acceptors (Lipinski definition) is 4. The fourth-order valence-electron chi connectivity index (χ4n) is 3.13. The van der Waals surface area contributed by atoms with E-state index >= 15 is 0 Å². The molecule has 0 aliphatic carbocycles. The summed E-state index contributed by atoms with van der Waals surface area (Å²) in [5.74, 6) is -0.809. The minimum atomic E-state index is -3.76. The number of amides is 2. The molecule has 0 unspecified atom stereocenters. The summed E-state index contributed by atoms with van der Waals surface area (Å²) in [4.78, 5) is 27.8. The van der Waals surface area contributed by atoms with Gasteiger partial charge < -0.3 is 10.2 Å². The number of sulfonamides is 1. The lowest BCUT2D eigenvalue weighted by Gasteiger charge is -2.33. The van der Waals surface area contributed by atoms with Gasteiger partial charge >= 0.3 is 0 Å². The molecule has 2 rings (SSSR count). The Morgan fingerprint density at radius 2 is 1.61 bits per heavy atom. The second-order valence-corrected chi connectivity index (χ2v) is 12.6. The lowest BCUT2D eigenvalue weighted by molar-refractivity contribution is -0.140. The van der Waals surface area contributed by atoms with E-state index in [0.29, 0.717) is 10.2 Å². The monoisotopic (exact) mass is 601 g/mol. The van der Waals surface area contributed by atoms with Gasteiger partial charge in [-0.3, -0.25) is 13.9 Å². The van der Waals surface area contributed by atoms with Crippen LogP contribution in [0.3, 0.4) is 0 Å². The molecule has 0 aromatic heterocycles. The van der Waals surface area contributed by atoms with E-state index in [1.807, 2.05) is 45.0 Å². The van der Waals surface area contributed by atoms with Crippen molar-refractivity contribution in [3.05, 3.63) is 63.0 Å². The first-order valence-corrected chi connectivity index (χ1v) is 13.7. The fourth-order valence-corrected chi connectivity index (χ4v) is 4.81. The first kappa shape index (κ1) is 27.3. The molecule has 1 N–H and O–H groups in total.